The molecule has 0 saturated carbocycles. The number of aromatic nitrogens is 1. The van der Waals surface area contributed by atoms with Crippen LogP contribution in [-0.2, 0) is 16.1 Å². The first-order valence-electron chi connectivity index (χ1n) is 8.34. The van der Waals surface area contributed by atoms with E-state index in [0.717, 1.165) is 0 Å². The average molecular weight is 384 g/mol. The second kappa shape index (κ2) is 8.34. The number of hydrogen-bond donors (Lipinski definition) is 1. The number of hydrogen-bond acceptors (Lipinski definition) is 6. The van der Waals surface area contributed by atoms with Gasteiger partial charge in [0.2, 0.25) is 0 Å². The van der Waals surface area contributed by atoms with Crippen LogP contribution in [0.2, 0.25) is 0 Å². The number of nitrogens with zero attached hydrogens (tertiary/aromatic N) is 1. The van der Waals surface area contributed by atoms with E-state index in [2.05, 4.69) is 5.16 Å². The molecule has 0 aliphatic carbocycles. The van der Waals surface area contributed by atoms with Crippen molar-refractivity contribution in [2.75, 3.05) is 6.61 Å². The second-order valence-corrected chi connectivity index (χ2v) is 5.90. The molecule has 2 aromatic carbocycles. The highest BCUT2D eigenvalue weighted by Gasteiger charge is 2.16. The number of carbonyl (C=O) groups excluding carboxylic acids is 2. The molecule has 0 spiro atoms. The number of carbonyl (C=O) groups is 2. The molecule has 0 aliphatic rings. The molecule has 28 heavy (non-hydrogen) atoms. The van der Waals surface area contributed by atoms with E-state index in [1.165, 1.54) is 24.3 Å². The van der Waals surface area contributed by atoms with Crippen LogP contribution in [0, 0.1) is 12.7 Å². The van der Waals surface area contributed by atoms with Gasteiger partial charge in [0.15, 0.2) is 12.4 Å². The molecule has 144 valence electrons. The second-order valence-electron chi connectivity index (χ2n) is 5.90. The summed E-state index contributed by atoms with van der Waals surface area (Å²) in [7, 11) is 0. The van der Waals surface area contributed by atoms with Gasteiger partial charge in [0, 0.05) is 11.1 Å². The molecule has 1 aromatic heterocycles. The summed E-state index contributed by atoms with van der Waals surface area (Å²) in [6.07, 6.45) is 0. The maximum atomic E-state index is 13.0. The summed E-state index contributed by atoms with van der Waals surface area (Å²) in [6, 6.07) is 12.1. The first kappa shape index (κ1) is 19.1. The number of ether oxygens (including phenoxy) is 2. The van der Waals surface area contributed by atoms with Crippen LogP contribution in [0.25, 0.3) is 11.3 Å². The third-order valence-electron chi connectivity index (χ3n) is 3.99. The fourth-order valence-corrected chi connectivity index (χ4v) is 2.50. The number of esters is 1. The topological polar surface area (TPSA) is 105 Å². The van der Waals surface area contributed by atoms with Gasteiger partial charge in [-0.25, -0.2) is 9.18 Å². The first-order chi connectivity index (χ1) is 13.5. The van der Waals surface area contributed by atoms with Crippen LogP contribution in [0.4, 0.5) is 4.39 Å². The number of benzene rings is 2. The Bertz CT molecular complexity index is 998. The Hall–Kier alpha value is -3.68. The van der Waals surface area contributed by atoms with Crippen molar-refractivity contribution in [2.45, 2.75) is 13.5 Å². The molecule has 2 N–H and O–H groups in total. The molecule has 0 saturated heterocycles. The molecule has 3 rings (SSSR count). The third-order valence-corrected chi connectivity index (χ3v) is 3.99. The third kappa shape index (κ3) is 4.35. The normalized spacial score (nSPS) is 10.5. The lowest BCUT2D eigenvalue weighted by atomic mass is 10.1. The molecule has 0 atom stereocenters. The van der Waals surface area contributed by atoms with Crippen molar-refractivity contribution >= 4 is 11.9 Å². The summed E-state index contributed by atoms with van der Waals surface area (Å²) >= 11 is 0. The zero-order chi connectivity index (χ0) is 20.1. The standard InChI is InChI=1S/C20H17FN2O5/c1-12-16(23-28-19(12)13-6-8-14(21)9-7-13)10-27-18(24)11-26-17-5-3-2-4-15(17)20(22)25/h2-9H,10-11H2,1H3,(H2,22,25). The van der Waals surface area contributed by atoms with Crippen molar-refractivity contribution < 1.29 is 28.0 Å². The number of primary amides is 1. The molecular formula is C20H17FN2O5. The van der Waals surface area contributed by atoms with Crippen LogP contribution < -0.4 is 10.5 Å². The van der Waals surface area contributed by atoms with Crippen LogP contribution in [0.1, 0.15) is 21.6 Å². The van der Waals surface area contributed by atoms with Gasteiger partial charge >= 0.3 is 5.97 Å². The highest BCUT2D eigenvalue weighted by molar-refractivity contribution is 5.95. The van der Waals surface area contributed by atoms with Gasteiger partial charge in [0.05, 0.1) is 5.56 Å². The highest BCUT2D eigenvalue weighted by atomic mass is 19.1. The predicted molar refractivity (Wildman–Crippen MR) is 96.9 cm³/mol. The number of halogens is 1. The van der Waals surface area contributed by atoms with Gasteiger partial charge in [-0.2, -0.15) is 0 Å². The van der Waals surface area contributed by atoms with Gasteiger partial charge < -0.3 is 19.7 Å². The number of rotatable bonds is 7. The highest BCUT2D eigenvalue weighted by Crippen LogP contribution is 2.26. The zero-order valence-electron chi connectivity index (χ0n) is 15.0. The number of amides is 1. The van der Waals surface area contributed by atoms with E-state index in [9.17, 15) is 14.0 Å². The minimum absolute atomic E-state index is 0.115. The van der Waals surface area contributed by atoms with Crippen LogP contribution >= 0.6 is 0 Å². The van der Waals surface area contributed by atoms with Gasteiger partial charge in [-0.3, -0.25) is 4.79 Å². The summed E-state index contributed by atoms with van der Waals surface area (Å²) in [5.41, 5.74) is 7.21. The molecule has 0 radical (unpaired) electrons. The number of para-hydroxylation sites is 1. The SMILES string of the molecule is Cc1c(COC(=O)COc2ccccc2C(N)=O)noc1-c1ccc(F)cc1. The largest absolute Gasteiger partial charge is 0.481 e. The molecule has 0 aliphatic heterocycles. The summed E-state index contributed by atoms with van der Waals surface area (Å²) in [4.78, 5) is 23.3. The Morgan fingerprint density at radius 3 is 2.57 bits per heavy atom. The lowest BCUT2D eigenvalue weighted by Crippen LogP contribution is -2.18. The van der Waals surface area contributed by atoms with Crippen molar-refractivity contribution in [2.24, 2.45) is 5.73 Å². The van der Waals surface area contributed by atoms with Crippen LogP contribution in [0.3, 0.4) is 0 Å². The van der Waals surface area contributed by atoms with Crippen molar-refractivity contribution in [1.29, 1.82) is 0 Å². The van der Waals surface area contributed by atoms with E-state index in [-0.39, 0.29) is 23.7 Å². The number of nitrogens with two attached hydrogens (primary N) is 1. The van der Waals surface area contributed by atoms with Crippen molar-refractivity contribution in [3.8, 4) is 17.1 Å². The Kier molecular flexibility index (Phi) is 5.69. The minimum atomic E-state index is -0.657. The molecule has 1 heterocycles. The maximum Gasteiger partial charge on any atom is 0.344 e. The van der Waals surface area contributed by atoms with Crippen LogP contribution in [-0.4, -0.2) is 23.6 Å². The Balaban J connectivity index is 1.58. The van der Waals surface area contributed by atoms with Crippen LogP contribution in [0.5, 0.6) is 5.75 Å². The van der Waals surface area contributed by atoms with Gasteiger partial charge in [-0.05, 0) is 43.3 Å². The summed E-state index contributed by atoms with van der Waals surface area (Å²) in [5.74, 6) is -0.991. The Morgan fingerprint density at radius 2 is 1.86 bits per heavy atom. The van der Waals surface area contributed by atoms with Crippen molar-refractivity contribution in [3.63, 3.8) is 0 Å². The van der Waals surface area contributed by atoms with E-state index in [4.69, 9.17) is 19.7 Å². The molecule has 0 bridgehead atoms. The van der Waals surface area contributed by atoms with E-state index in [1.807, 2.05) is 0 Å². The van der Waals surface area contributed by atoms with Crippen molar-refractivity contribution in [1.82, 2.24) is 5.16 Å². The molecule has 1 amide bonds. The van der Waals surface area contributed by atoms with Gasteiger partial charge in [-0.1, -0.05) is 17.3 Å². The fourth-order valence-electron chi connectivity index (χ4n) is 2.50. The Morgan fingerprint density at radius 1 is 1.14 bits per heavy atom. The molecular weight excluding hydrogens is 367 g/mol. The van der Waals surface area contributed by atoms with E-state index in [0.29, 0.717) is 22.6 Å². The first-order valence-corrected chi connectivity index (χ1v) is 8.34. The maximum absolute atomic E-state index is 13.0. The fraction of sp³-hybridized carbons (Fsp3) is 0.150. The van der Waals surface area contributed by atoms with E-state index in [1.54, 1.807) is 31.2 Å². The van der Waals surface area contributed by atoms with Crippen LogP contribution in [0.15, 0.2) is 53.1 Å². The van der Waals surface area contributed by atoms with Crippen molar-refractivity contribution in [3.05, 3.63) is 71.2 Å². The molecule has 7 nitrogen and oxygen atoms in total. The quantitative estimate of drug-likeness (QED) is 0.628. The average Bonchev–Trinajstić information content (AvgIpc) is 3.06. The lowest BCUT2D eigenvalue weighted by molar-refractivity contribution is -0.147. The zero-order valence-corrected chi connectivity index (χ0v) is 15.0. The summed E-state index contributed by atoms with van der Waals surface area (Å²) in [6.45, 7) is 1.25. The monoisotopic (exact) mass is 384 g/mol. The minimum Gasteiger partial charge on any atom is -0.481 e. The molecule has 0 fully saturated rings. The molecule has 0 unspecified atom stereocenters. The lowest BCUT2D eigenvalue weighted by Gasteiger charge is -2.09. The van der Waals surface area contributed by atoms with Gasteiger partial charge in [0.25, 0.3) is 5.91 Å². The van der Waals surface area contributed by atoms with Gasteiger partial charge in [-0.15, -0.1) is 0 Å². The van der Waals surface area contributed by atoms with Gasteiger partial charge in [0.1, 0.15) is 23.9 Å². The Labute approximate surface area is 159 Å². The smallest absolute Gasteiger partial charge is 0.344 e. The summed E-state index contributed by atoms with van der Waals surface area (Å²) in [5, 5.41) is 3.89. The summed E-state index contributed by atoms with van der Waals surface area (Å²) < 4.78 is 28.8. The van der Waals surface area contributed by atoms with E-state index < -0.39 is 18.5 Å². The predicted octanol–water partition coefficient (Wildman–Crippen LogP) is 3.01. The molecule has 3 aromatic rings. The molecule has 8 heteroatoms. The van der Waals surface area contributed by atoms with E-state index >= 15 is 0 Å².